The van der Waals surface area contributed by atoms with Crippen LogP contribution in [0.5, 0.6) is 0 Å². The lowest BCUT2D eigenvalue weighted by molar-refractivity contribution is -0.117. The highest BCUT2D eigenvalue weighted by atomic mass is 16.2. The number of amides is 1. The fraction of sp³-hybridized carbons (Fsp3) is 0.500. The molecule has 1 aliphatic carbocycles. The molecule has 20 heavy (non-hydrogen) atoms. The van der Waals surface area contributed by atoms with Crippen LogP contribution in [0, 0.1) is 17.2 Å². The summed E-state index contributed by atoms with van der Waals surface area (Å²) >= 11 is 0. The van der Waals surface area contributed by atoms with Gasteiger partial charge in [-0.05, 0) is 50.1 Å². The van der Waals surface area contributed by atoms with Gasteiger partial charge >= 0.3 is 0 Å². The molecular formula is C16H21N3O. The van der Waals surface area contributed by atoms with Gasteiger partial charge in [0.15, 0.2) is 0 Å². The van der Waals surface area contributed by atoms with E-state index in [0.717, 1.165) is 18.2 Å². The van der Waals surface area contributed by atoms with E-state index in [1.807, 2.05) is 7.05 Å². The third-order valence-electron chi connectivity index (χ3n) is 3.76. The van der Waals surface area contributed by atoms with Crippen molar-refractivity contribution >= 4 is 11.6 Å². The van der Waals surface area contributed by atoms with Crippen molar-refractivity contribution in [2.24, 2.45) is 5.92 Å². The third-order valence-corrected chi connectivity index (χ3v) is 3.76. The average Bonchev–Trinajstić information content (AvgIpc) is 2.92. The highest BCUT2D eigenvalue weighted by Gasteiger charge is 2.17. The number of nitrogens with one attached hydrogen (secondary N) is 1. The molecule has 1 N–H and O–H groups in total. The minimum atomic E-state index is -0.00444. The van der Waals surface area contributed by atoms with Crippen LogP contribution in [0.15, 0.2) is 24.3 Å². The fourth-order valence-corrected chi connectivity index (χ4v) is 2.77. The molecule has 4 heteroatoms. The molecule has 106 valence electrons. The van der Waals surface area contributed by atoms with Crippen LogP contribution in [-0.2, 0) is 4.79 Å². The Labute approximate surface area is 120 Å². The van der Waals surface area contributed by atoms with E-state index in [9.17, 15) is 4.79 Å². The van der Waals surface area contributed by atoms with E-state index in [2.05, 4.69) is 16.3 Å². The summed E-state index contributed by atoms with van der Waals surface area (Å²) in [5, 5.41) is 11.6. The molecule has 0 heterocycles. The van der Waals surface area contributed by atoms with Crippen LogP contribution >= 0.6 is 0 Å². The van der Waals surface area contributed by atoms with Gasteiger partial charge < -0.3 is 5.32 Å². The Balaban J connectivity index is 1.77. The number of carbonyl (C=O) groups is 1. The minimum Gasteiger partial charge on any atom is -0.325 e. The first-order chi connectivity index (χ1) is 9.67. The number of benzene rings is 1. The van der Waals surface area contributed by atoms with Crippen LogP contribution < -0.4 is 5.32 Å². The lowest BCUT2D eigenvalue weighted by Gasteiger charge is -2.20. The second kappa shape index (κ2) is 7.06. The van der Waals surface area contributed by atoms with Gasteiger partial charge in [0, 0.05) is 12.2 Å². The summed E-state index contributed by atoms with van der Waals surface area (Å²) in [4.78, 5) is 14.0. The van der Waals surface area contributed by atoms with Crippen molar-refractivity contribution in [3.05, 3.63) is 29.8 Å². The molecule has 1 saturated carbocycles. The van der Waals surface area contributed by atoms with E-state index in [1.165, 1.54) is 25.7 Å². The lowest BCUT2D eigenvalue weighted by Crippen LogP contribution is -2.33. The van der Waals surface area contributed by atoms with Gasteiger partial charge in [0.05, 0.1) is 18.2 Å². The molecule has 0 aliphatic heterocycles. The van der Waals surface area contributed by atoms with Crippen LogP contribution in [0.2, 0.25) is 0 Å². The number of nitrogens with zero attached hydrogens (tertiary/aromatic N) is 2. The van der Waals surface area contributed by atoms with Gasteiger partial charge in [-0.2, -0.15) is 5.26 Å². The Morgan fingerprint density at radius 3 is 2.60 bits per heavy atom. The van der Waals surface area contributed by atoms with E-state index < -0.39 is 0 Å². The molecule has 2 rings (SSSR count). The monoisotopic (exact) mass is 271 g/mol. The molecule has 0 bridgehead atoms. The number of hydrogen-bond donors (Lipinski definition) is 1. The van der Waals surface area contributed by atoms with Gasteiger partial charge in [0.25, 0.3) is 0 Å². The SMILES string of the molecule is CN(CC(=O)Nc1ccc(C#N)cc1)CC1CCCC1. The number of nitriles is 1. The Hall–Kier alpha value is -1.86. The van der Waals surface area contributed by atoms with Gasteiger partial charge in [0.2, 0.25) is 5.91 Å². The number of rotatable bonds is 5. The molecule has 4 nitrogen and oxygen atoms in total. The van der Waals surface area contributed by atoms with E-state index in [0.29, 0.717) is 12.1 Å². The summed E-state index contributed by atoms with van der Waals surface area (Å²) in [7, 11) is 2.00. The van der Waals surface area contributed by atoms with Crippen molar-refractivity contribution in [2.45, 2.75) is 25.7 Å². The third kappa shape index (κ3) is 4.36. The van der Waals surface area contributed by atoms with Crippen LogP contribution in [-0.4, -0.2) is 30.9 Å². The Morgan fingerprint density at radius 1 is 1.35 bits per heavy atom. The van der Waals surface area contributed by atoms with Crippen LogP contribution in [0.1, 0.15) is 31.2 Å². The van der Waals surface area contributed by atoms with E-state index in [4.69, 9.17) is 5.26 Å². The smallest absolute Gasteiger partial charge is 0.238 e. The number of carbonyl (C=O) groups excluding carboxylic acids is 1. The molecule has 0 radical (unpaired) electrons. The Morgan fingerprint density at radius 2 is 2.00 bits per heavy atom. The molecule has 0 saturated heterocycles. The zero-order valence-electron chi connectivity index (χ0n) is 11.9. The second-order valence-electron chi connectivity index (χ2n) is 5.58. The first-order valence-electron chi connectivity index (χ1n) is 7.16. The first kappa shape index (κ1) is 14.5. The summed E-state index contributed by atoms with van der Waals surface area (Å²) < 4.78 is 0. The van der Waals surface area contributed by atoms with Gasteiger partial charge in [-0.3, -0.25) is 9.69 Å². The fourth-order valence-electron chi connectivity index (χ4n) is 2.77. The van der Waals surface area contributed by atoms with Gasteiger partial charge in [-0.25, -0.2) is 0 Å². The van der Waals surface area contributed by atoms with E-state index in [1.54, 1.807) is 24.3 Å². The first-order valence-corrected chi connectivity index (χ1v) is 7.16. The van der Waals surface area contributed by atoms with Gasteiger partial charge in [-0.1, -0.05) is 12.8 Å². The summed E-state index contributed by atoms with van der Waals surface area (Å²) in [6, 6.07) is 8.99. The topological polar surface area (TPSA) is 56.1 Å². The zero-order valence-corrected chi connectivity index (χ0v) is 11.9. The van der Waals surface area contributed by atoms with Crippen LogP contribution in [0.3, 0.4) is 0 Å². The minimum absolute atomic E-state index is 0.00444. The predicted octanol–water partition coefficient (Wildman–Crippen LogP) is 2.62. The van der Waals surface area contributed by atoms with Crippen molar-refractivity contribution in [3.8, 4) is 6.07 Å². The molecule has 0 spiro atoms. The lowest BCUT2D eigenvalue weighted by atomic mass is 10.1. The number of anilines is 1. The summed E-state index contributed by atoms with van der Waals surface area (Å²) in [6.07, 6.45) is 5.25. The molecule has 1 amide bonds. The molecule has 0 unspecified atom stereocenters. The molecule has 1 aromatic carbocycles. The quantitative estimate of drug-likeness (QED) is 0.895. The van der Waals surface area contributed by atoms with E-state index in [-0.39, 0.29) is 5.91 Å². The second-order valence-corrected chi connectivity index (χ2v) is 5.58. The van der Waals surface area contributed by atoms with Crippen LogP contribution in [0.25, 0.3) is 0 Å². The van der Waals surface area contributed by atoms with Crippen LogP contribution in [0.4, 0.5) is 5.69 Å². The molecule has 1 fully saturated rings. The summed E-state index contributed by atoms with van der Waals surface area (Å²) in [5.41, 5.74) is 1.34. The molecule has 1 aromatic rings. The van der Waals surface area contributed by atoms with Crippen molar-refractivity contribution in [1.29, 1.82) is 5.26 Å². The normalized spacial score (nSPS) is 15.2. The predicted molar refractivity (Wildman–Crippen MR) is 79.2 cm³/mol. The largest absolute Gasteiger partial charge is 0.325 e. The summed E-state index contributed by atoms with van der Waals surface area (Å²) in [6.45, 7) is 1.41. The van der Waals surface area contributed by atoms with Gasteiger partial charge in [-0.15, -0.1) is 0 Å². The molecule has 1 aliphatic rings. The maximum atomic E-state index is 11.9. The Bertz CT molecular complexity index is 483. The van der Waals surface area contributed by atoms with Crippen molar-refractivity contribution in [3.63, 3.8) is 0 Å². The standard InChI is InChI=1S/C16H21N3O/c1-19(11-14-4-2-3-5-14)12-16(20)18-15-8-6-13(10-17)7-9-15/h6-9,14H,2-5,11-12H2,1H3,(H,18,20). The van der Waals surface area contributed by atoms with Crippen molar-refractivity contribution in [1.82, 2.24) is 4.90 Å². The molecule has 0 atom stereocenters. The zero-order chi connectivity index (χ0) is 14.4. The highest BCUT2D eigenvalue weighted by Crippen LogP contribution is 2.25. The summed E-state index contributed by atoms with van der Waals surface area (Å²) in [5.74, 6) is 0.748. The number of hydrogen-bond acceptors (Lipinski definition) is 3. The van der Waals surface area contributed by atoms with Crippen molar-refractivity contribution in [2.75, 3.05) is 25.5 Å². The number of likely N-dealkylation sites (N-methyl/N-ethyl adjacent to an activating group) is 1. The van der Waals surface area contributed by atoms with E-state index >= 15 is 0 Å². The molecular weight excluding hydrogens is 250 g/mol. The molecule has 0 aromatic heterocycles. The maximum absolute atomic E-state index is 11.9. The Kier molecular flexibility index (Phi) is 5.14. The average molecular weight is 271 g/mol. The van der Waals surface area contributed by atoms with Crippen molar-refractivity contribution < 1.29 is 4.79 Å². The highest BCUT2D eigenvalue weighted by molar-refractivity contribution is 5.92. The van der Waals surface area contributed by atoms with Gasteiger partial charge in [0.1, 0.15) is 0 Å². The maximum Gasteiger partial charge on any atom is 0.238 e.